The largest absolute Gasteiger partial charge is 0.341 e. The van der Waals surface area contributed by atoms with Gasteiger partial charge in [-0.1, -0.05) is 30.3 Å². The number of aromatic nitrogens is 6. The van der Waals surface area contributed by atoms with Crippen molar-refractivity contribution >= 4 is 11.0 Å². The van der Waals surface area contributed by atoms with Crippen LogP contribution in [0.15, 0.2) is 60.8 Å². The highest BCUT2D eigenvalue weighted by Gasteiger charge is 2.20. The molecule has 2 atom stereocenters. The zero-order valence-electron chi connectivity index (χ0n) is 20.0. The number of hydrogen-bond donors (Lipinski definition) is 4. The third-order valence-corrected chi connectivity index (χ3v) is 7.33. The van der Waals surface area contributed by atoms with Gasteiger partial charge in [0.15, 0.2) is 0 Å². The van der Waals surface area contributed by atoms with E-state index >= 15 is 0 Å². The Morgan fingerprint density at radius 1 is 0.667 bits per heavy atom. The van der Waals surface area contributed by atoms with Crippen molar-refractivity contribution in [2.45, 2.75) is 37.8 Å². The van der Waals surface area contributed by atoms with Crippen LogP contribution < -0.4 is 10.6 Å². The van der Waals surface area contributed by atoms with Crippen LogP contribution in [-0.2, 0) is 0 Å². The molecule has 2 aliphatic heterocycles. The summed E-state index contributed by atoms with van der Waals surface area (Å²) >= 11 is 0. The first kappa shape index (κ1) is 21.4. The second-order valence-corrected chi connectivity index (χ2v) is 9.72. The molecule has 5 heterocycles. The van der Waals surface area contributed by atoms with Gasteiger partial charge in [-0.15, -0.1) is 10.2 Å². The van der Waals surface area contributed by atoms with E-state index in [1.54, 1.807) is 0 Å². The van der Waals surface area contributed by atoms with Crippen molar-refractivity contribution < 1.29 is 0 Å². The van der Waals surface area contributed by atoms with E-state index in [2.05, 4.69) is 78.2 Å². The number of nitrogens with one attached hydrogen (secondary N) is 4. The Hall–Kier alpha value is -3.88. The molecule has 4 N–H and O–H groups in total. The standard InChI is InChI=1S/C28H28N8/c1-3-23(29-13-1)27-31-16-26(34-27)18-7-5-17(6-8-18)20-11-12-21(36-35-20)19-9-10-22-25(15-19)33-28(32-22)24-4-2-14-30-24/h5-12,15-16,23-24,29-30H,1-4,13-14H2,(H,31,34)(H,32,33)/t23-,24-/m0/s1. The van der Waals surface area contributed by atoms with Gasteiger partial charge < -0.3 is 20.6 Å². The number of nitrogens with zero attached hydrogens (tertiary/aromatic N) is 4. The molecule has 0 radical (unpaired) electrons. The molecule has 2 saturated heterocycles. The van der Waals surface area contributed by atoms with Crippen molar-refractivity contribution in [1.29, 1.82) is 0 Å². The predicted molar refractivity (Wildman–Crippen MR) is 140 cm³/mol. The Morgan fingerprint density at radius 2 is 1.33 bits per heavy atom. The van der Waals surface area contributed by atoms with E-state index in [1.807, 2.05) is 18.3 Å². The fourth-order valence-electron chi connectivity index (χ4n) is 5.31. The maximum atomic E-state index is 4.83. The molecule has 0 amide bonds. The molecule has 5 aromatic rings. The summed E-state index contributed by atoms with van der Waals surface area (Å²) < 4.78 is 0. The Labute approximate surface area is 209 Å². The summed E-state index contributed by atoms with van der Waals surface area (Å²) in [5, 5.41) is 16.0. The second kappa shape index (κ2) is 8.96. The van der Waals surface area contributed by atoms with Crippen LogP contribution in [0.2, 0.25) is 0 Å². The fraction of sp³-hybridized carbons (Fsp3) is 0.286. The number of aromatic amines is 2. The average Bonchev–Trinajstić information content (AvgIpc) is 3.75. The molecule has 180 valence electrons. The average molecular weight is 477 g/mol. The van der Waals surface area contributed by atoms with Crippen LogP contribution in [0.1, 0.15) is 49.4 Å². The summed E-state index contributed by atoms with van der Waals surface area (Å²) in [6.07, 6.45) is 6.57. The molecule has 8 nitrogen and oxygen atoms in total. The lowest BCUT2D eigenvalue weighted by Gasteiger charge is -2.06. The Kier molecular flexibility index (Phi) is 5.33. The van der Waals surface area contributed by atoms with Gasteiger partial charge in [0, 0.05) is 11.1 Å². The van der Waals surface area contributed by atoms with Gasteiger partial charge in [-0.3, -0.25) is 0 Å². The predicted octanol–water partition coefficient (Wildman–Crippen LogP) is 4.93. The van der Waals surface area contributed by atoms with E-state index in [0.29, 0.717) is 12.1 Å². The van der Waals surface area contributed by atoms with Gasteiger partial charge >= 0.3 is 0 Å². The first-order chi connectivity index (χ1) is 17.8. The molecule has 3 aromatic heterocycles. The highest BCUT2D eigenvalue weighted by Crippen LogP contribution is 2.28. The zero-order valence-corrected chi connectivity index (χ0v) is 20.0. The lowest BCUT2D eigenvalue weighted by atomic mass is 10.1. The molecule has 2 aromatic carbocycles. The summed E-state index contributed by atoms with van der Waals surface area (Å²) in [6, 6.07) is 19.3. The number of imidazole rings is 2. The Morgan fingerprint density at radius 3 is 2.03 bits per heavy atom. The Bertz CT molecular complexity index is 1490. The van der Waals surface area contributed by atoms with Crippen LogP contribution in [0.4, 0.5) is 0 Å². The maximum Gasteiger partial charge on any atom is 0.124 e. The van der Waals surface area contributed by atoms with Gasteiger partial charge in [0.1, 0.15) is 11.6 Å². The second-order valence-electron chi connectivity index (χ2n) is 9.72. The summed E-state index contributed by atoms with van der Waals surface area (Å²) in [5.74, 6) is 2.04. The molecular weight excluding hydrogens is 448 g/mol. The SMILES string of the molecule is c1cc(-c2cnc([C@@H]3CCCN3)[nH]2)ccc1-c1ccc(-c2ccc3[nH]c([C@@H]4CCCN4)nc3c2)nn1. The van der Waals surface area contributed by atoms with Crippen molar-refractivity contribution in [2.24, 2.45) is 0 Å². The molecule has 0 unspecified atom stereocenters. The third kappa shape index (κ3) is 3.98. The lowest BCUT2D eigenvalue weighted by Crippen LogP contribution is -2.14. The maximum absolute atomic E-state index is 4.83. The van der Waals surface area contributed by atoms with Crippen molar-refractivity contribution in [2.75, 3.05) is 13.1 Å². The molecule has 7 rings (SSSR count). The van der Waals surface area contributed by atoms with Gasteiger partial charge in [-0.2, -0.15) is 0 Å². The molecule has 2 aliphatic rings. The summed E-state index contributed by atoms with van der Waals surface area (Å²) in [6.45, 7) is 2.12. The zero-order chi connectivity index (χ0) is 23.9. The van der Waals surface area contributed by atoms with Crippen molar-refractivity contribution in [1.82, 2.24) is 40.8 Å². The van der Waals surface area contributed by atoms with Crippen LogP contribution in [0.25, 0.3) is 44.8 Å². The number of fused-ring (bicyclic) bond motifs is 1. The van der Waals surface area contributed by atoms with E-state index in [0.717, 1.165) is 82.4 Å². The highest BCUT2D eigenvalue weighted by atomic mass is 15.1. The third-order valence-electron chi connectivity index (χ3n) is 7.33. The smallest absolute Gasteiger partial charge is 0.124 e. The minimum atomic E-state index is 0.325. The topological polar surface area (TPSA) is 107 Å². The molecule has 2 fully saturated rings. The monoisotopic (exact) mass is 476 g/mol. The van der Waals surface area contributed by atoms with Crippen molar-refractivity contribution in [3.05, 3.63) is 72.4 Å². The minimum Gasteiger partial charge on any atom is -0.341 e. The molecule has 0 spiro atoms. The van der Waals surface area contributed by atoms with E-state index in [1.165, 1.54) is 12.8 Å². The first-order valence-corrected chi connectivity index (χ1v) is 12.8. The molecule has 36 heavy (non-hydrogen) atoms. The molecule has 8 heteroatoms. The van der Waals surface area contributed by atoms with Crippen LogP contribution in [0.3, 0.4) is 0 Å². The van der Waals surface area contributed by atoms with Gasteiger partial charge in [0.05, 0.1) is 46.4 Å². The molecule has 0 bridgehead atoms. The summed E-state index contributed by atoms with van der Waals surface area (Å²) in [5.41, 5.74) is 7.89. The minimum absolute atomic E-state index is 0.325. The summed E-state index contributed by atoms with van der Waals surface area (Å²) in [4.78, 5) is 16.3. The lowest BCUT2D eigenvalue weighted by molar-refractivity contribution is 0.613. The fourth-order valence-corrected chi connectivity index (χ4v) is 5.31. The van der Waals surface area contributed by atoms with E-state index in [-0.39, 0.29) is 0 Å². The van der Waals surface area contributed by atoms with E-state index < -0.39 is 0 Å². The molecule has 0 saturated carbocycles. The number of hydrogen-bond acceptors (Lipinski definition) is 6. The number of benzene rings is 2. The quantitative estimate of drug-likeness (QED) is 0.287. The van der Waals surface area contributed by atoms with Gasteiger partial charge in [-0.05, 0) is 68.6 Å². The van der Waals surface area contributed by atoms with Crippen LogP contribution in [0.5, 0.6) is 0 Å². The number of rotatable bonds is 5. The van der Waals surface area contributed by atoms with Crippen LogP contribution in [-0.4, -0.2) is 43.2 Å². The first-order valence-electron chi connectivity index (χ1n) is 12.8. The van der Waals surface area contributed by atoms with Crippen molar-refractivity contribution in [3.63, 3.8) is 0 Å². The summed E-state index contributed by atoms with van der Waals surface area (Å²) in [7, 11) is 0. The molecule has 0 aliphatic carbocycles. The van der Waals surface area contributed by atoms with E-state index in [9.17, 15) is 0 Å². The van der Waals surface area contributed by atoms with Gasteiger partial charge in [0.2, 0.25) is 0 Å². The molecular formula is C28H28N8. The normalized spacial score (nSPS) is 19.9. The van der Waals surface area contributed by atoms with Gasteiger partial charge in [-0.25, -0.2) is 9.97 Å². The van der Waals surface area contributed by atoms with Crippen LogP contribution >= 0.6 is 0 Å². The van der Waals surface area contributed by atoms with Crippen LogP contribution in [0, 0.1) is 0 Å². The van der Waals surface area contributed by atoms with Crippen molar-refractivity contribution in [3.8, 4) is 33.8 Å². The highest BCUT2D eigenvalue weighted by molar-refractivity contribution is 5.81. The van der Waals surface area contributed by atoms with Gasteiger partial charge in [0.25, 0.3) is 0 Å². The van der Waals surface area contributed by atoms with E-state index in [4.69, 9.17) is 4.98 Å². The number of H-pyrrole nitrogens is 2. The Balaban J connectivity index is 1.09.